The largest absolute Gasteiger partial charge is 0.326 e. The minimum absolute atomic E-state index is 0.0871. The Labute approximate surface area is 189 Å². The van der Waals surface area contributed by atoms with Gasteiger partial charge in [-0.3, -0.25) is 14.4 Å². The third kappa shape index (κ3) is 5.06. The van der Waals surface area contributed by atoms with Gasteiger partial charge >= 0.3 is 0 Å². The van der Waals surface area contributed by atoms with Gasteiger partial charge in [-0.25, -0.2) is 13.2 Å². The lowest BCUT2D eigenvalue weighted by atomic mass is 10.1. The van der Waals surface area contributed by atoms with Crippen molar-refractivity contribution in [2.75, 3.05) is 16.0 Å². The number of carbonyl (C=O) groups is 3. The number of amides is 3. The molecule has 6 nitrogen and oxygen atoms in total. The zero-order chi connectivity index (χ0) is 23.1. The minimum atomic E-state index is -1.52. The number of rotatable bonds is 5. The Bertz CT molecular complexity index is 1110. The number of carbonyl (C=O) groups excluding carboxylic acids is 3. The van der Waals surface area contributed by atoms with Crippen molar-refractivity contribution >= 4 is 69.6 Å². The highest BCUT2D eigenvalue weighted by Crippen LogP contribution is 2.53. The van der Waals surface area contributed by atoms with Crippen molar-refractivity contribution in [2.45, 2.75) is 17.7 Å². The number of alkyl halides is 2. The summed E-state index contributed by atoms with van der Waals surface area (Å²) in [5.74, 6) is -7.24. The lowest BCUT2D eigenvalue weighted by molar-refractivity contribution is -0.117. The van der Waals surface area contributed by atoms with Gasteiger partial charge in [0.2, 0.25) is 11.8 Å². The third-order valence-electron chi connectivity index (χ3n) is 4.33. The Morgan fingerprint density at radius 2 is 1.58 bits per heavy atom. The molecule has 2 aromatic carbocycles. The minimum Gasteiger partial charge on any atom is -0.326 e. The van der Waals surface area contributed by atoms with Crippen LogP contribution >= 0.6 is 34.8 Å². The molecule has 1 atom stereocenters. The fourth-order valence-corrected chi connectivity index (χ4v) is 3.39. The molecule has 0 bridgehead atoms. The molecule has 3 N–H and O–H groups in total. The van der Waals surface area contributed by atoms with Crippen molar-refractivity contribution < 1.29 is 27.6 Å². The van der Waals surface area contributed by atoms with Crippen LogP contribution in [0.1, 0.15) is 23.7 Å². The normalized spacial score (nSPS) is 16.4. The first-order chi connectivity index (χ1) is 14.4. The average molecular weight is 495 g/mol. The summed E-state index contributed by atoms with van der Waals surface area (Å²) in [6, 6.07) is 4.17. The Hall–Kier alpha value is -2.49. The van der Waals surface area contributed by atoms with E-state index in [2.05, 4.69) is 5.32 Å². The molecule has 0 heterocycles. The van der Waals surface area contributed by atoms with Gasteiger partial charge in [-0.2, -0.15) is 0 Å². The molecule has 0 aromatic heterocycles. The van der Waals surface area contributed by atoms with E-state index in [-0.39, 0.29) is 22.7 Å². The van der Waals surface area contributed by atoms with E-state index in [9.17, 15) is 27.6 Å². The van der Waals surface area contributed by atoms with E-state index in [1.165, 1.54) is 18.2 Å². The van der Waals surface area contributed by atoms with E-state index in [0.29, 0.717) is 6.07 Å². The van der Waals surface area contributed by atoms with E-state index in [1.54, 1.807) is 0 Å². The van der Waals surface area contributed by atoms with Gasteiger partial charge in [0, 0.05) is 18.7 Å². The molecule has 1 saturated carbocycles. The van der Waals surface area contributed by atoms with E-state index in [1.807, 2.05) is 10.6 Å². The summed E-state index contributed by atoms with van der Waals surface area (Å²) in [6.07, 6.45) is 0.266. The van der Waals surface area contributed by atoms with Gasteiger partial charge in [-0.1, -0.05) is 11.6 Å². The standard InChI is InChI=1S/C19H13Cl3F3N3O3/c1-7(29)26-15-12(23)5-13(24)16(14(15)25)28-17(30)9-4-8(2-3-11(9)20)27-18(31)10-6-19(10,21)22/h2-5,10H,6H2,1H3,(H,26,29)(H,27,31)(H,28,30)/t10-/m1/s1. The van der Waals surface area contributed by atoms with Crippen LogP contribution < -0.4 is 16.0 Å². The molecule has 0 saturated heterocycles. The van der Waals surface area contributed by atoms with Crippen LogP contribution in [0.15, 0.2) is 24.3 Å². The second-order valence-corrected chi connectivity index (χ2v) is 8.69. The zero-order valence-electron chi connectivity index (χ0n) is 15.6. The lowest BCUT2D eigenvalue weighted by Gasteiger charge is -2.14. The monoisotopic (exact) mass is 493 g/mol. The molecule has 0 radical (unpaired) electrons. The highest BCUT2D eigenvalue weighted by atomic mass is 35.5. The van der Waals surface area contributed by atoms with Crippen LogP contribution in [0.2, 0.25) is 5.02 Å². The van der Waals surface area contributed by atoms with Gasteiger partial charge in [0.1, 0.15) is 15.7 Å². The summed E-state index contributed by atoms with van der Waals surface area (Å²) in [4.78, 5) is 35.8. The van der Waals surface area contributed by atoms with Gasteiger partial charge in [-0.05, 0) is 24.6 Å². The van der Waals surface area contributed by atoms with Crippen molar-refractivity contribution in [3.8, 4) is 0 Å². The maximum Gasteiger partial charge on any atom is 0.257 e. The van der Waals surface area contributed by atoms with Crippen LogP contribution in [0, 0.1) is 23.4 Å². The predicted molar refractivity (Wildman–Crippen MR) is 111 cm³/mol. The highest BCUT2D eigenvalue weighted by Gasteiger charge is 2.56. The second-order valence-electron chi connectivity index (χ2n) is 6.74. The lowest BCUT2D eigenvalue weighted by Crippen LogP contribution is -2.19. The number of hydrogen-bond donors (Lipinski definition) is 3. The van der Waals surface area contributed by atoms with Crippen LogP contribution in [0.4, 0.5) is 30.2 Å². The van der Waals surface area contributed by atoms with Crippen molar-refractivity contribution in [3.63, 3.8) is 0 Å². The SMILES string of the molecule is CC(=O)Nc1c(F)cc(F)c(NC(=O)c2cc(NC(=O)[C@H]3CC3(Cl)Cl)ccc2Cl)c1F. The Balaban J connectivity index is 1.85. The summed E-state index contributed by atoms with van der Waals surface area (Å²) in [5.41, 5.74) is -1.99. The predicted octanol–water partition coefficient (Wildman–Crippen LogP) is 5.10. The molecule has 1 fully saturated rings. The summed E-state index contributed by atoms with van der Waals surface area (Å²) in [6.45, 7) is 1.00. The molecule has 164 valence electrons. The van der Waals surface area contributed by atoms with Gasteiger partial charge in [0.05, 0.1) is 16.5 Å². The van der Waals surface area contributed by atoms with Gasteiger partial charge in [0.25, 0.3) is 5.91 Å². The molecule has 12 heteroatoms. The molecule has 0 unspecified atom stereocenters. The van der Waals surface area contributed by atoms with E-state index in [4.69, 9.17) is 34.8 Å². The average Bonchev–Trinajstić information content (AvgIpc) is 3.32. The Morgan fingerprint density at radius 1 is 1.00 bits per heavy atom. The molecular weight excluding hydrogens is 482 g/mol. The van der Waals surface area contributed by atoms with E-state index >= 15 is 0 Å². The fourth-order valence-electron chi connectivity index (χ4n) is 2.68. The first-order valence-corrected chi connectivity index (χ1v) is 9.78. The summed E-state index contributed by atoms with van der Waals surface area (Å²) < 4.78 is 41.3. The molecule has 1 aliphatic carbocycles. The smallest absolute Gasteiger partial charge is 0.257 e. The molecular formula is C19H13Cl3F3N3O3. The van der Waals surface area contributed by atoms with Crippen LogP contribution in [0.25, 0.3) is 0 Å². The van der Waals surface area contributed by atoms with Crippen LogP contribution in [-0.4, -0.2) is 22.1 Å². The van der Waals surface area contributed by atoms with Crippen LogP contribution in [0.5, 0.6) is 0 Å². The van der Waals surface area contributed by atoms with Crippen molar-refractivity contribution in [3.05, 3.63) is 52.3 Å². The molecule has 3 rings (SSSR count). The van der Waals surface area contributed by atoms with E-state index in [0.717, 1.165) is 6.92 Å². The Kier molecular flexibility index (Phi) is 6.40. The highest BCUT2D eigenvalue weighted by molar-refractivity contribution is 6.52. The number of benzene rings is 2. The number of nitrogens with one attached hydrogen (secondary N) is 3. The quantitative estimate of drug-likeness (QED) is 0.506. The van der Waals surface area contributed by atoms with Crippen LogP contribution in [0.3, 0.4) is 0 Å². The molecule has 0 spiro atoms. The zero-order valence-corrected chi connectivity index (χ0v) is 17.9. The maximum absolute atomic E-state index is 14.5. The molecule has 1 aliphatic rings. The van der Waals surface area contributed by atoms with E-state index < -0.39 is 56.8 Å². The van der Waals surface area contributed by atoms with Gasteiger partial charge < -0.3 is 16.0 Å². The topological polar surface area (TPSA) is 87.3 Å². The number of hydrogen-bond acceptors (Lipinski definition) is 3. The van der Waals surface area contributed by atoms with Crippen molar-refractivity contribution in [1.29, 1.82) is 0 Å². The third-order valence-corrected chi connectivity index (χ3v) is 5.50. The molecule has 31 heavy (non-hydrogen) atoms. The van der Waals surface area contributed by atoms with Crippen molar-refractivity contribution in [1.82, 2.24) is 0 Å². The Morgan fingerprint density at radius 3 is 2.13 bits per heavy atom. The van der Waals surface area contributed by atoms with Gasteiger partial charge in [-0.15, -0.1) is 23.2 Å². The fraction of sp³-hybridized carbons (Fsp3) is 0.211. The number of anilines is 3. The molecule has 2 aromatic rings. The maximum atomic E-state index is 14.5. The second kappa shape index (κ2) is 8.57. The molecule has 3 amide bonds. The van der Waals surface area contributed by atoms with Crippen molar-refractivity contribution in [2.24, 2.45) is 5.92 Å². The summed E-state index contributed by atoms with van der Waals surface area (Å²) >= 11 is 17.7. The first kappa shape index (κ1) is 23.2. The summed E-state index contributed by atoms with van der Waals surface area (Å²) in [7, 11) is 0. The first-order valence-electron chi connectivity index (χ1n) is 8.65. The van der Waals surface area contributed by atoms with Crippen LogP contribution in [-0.2, 0) is 9.59 Å². The number of halogens is 6. The molecule has 0 aliphatic heterocycles. The van der Waals surface area contributed by atoms with Gasteiger partial charge in [0.15, 0.2) is 17.5 Å². The summed E-state index contributed by atoms with van der Waals surface area (Å²) in [5, 5.41) is 6.27.